The van der Waals surface area contributed by atoms with Gasteiger partial charge in [-0.05, 0) is 12.3 Å². The number of oxazole rings is 1. The average Bonchev–Trinajstić information content (AvgIpc) is 2.62. The monoisotopic (exact) mass is 185 g/mol. The zero-order valence-corrected chi connectivity index (χ0v) is 7.84. The third-order valence-corrected chi connectivity index (χ3v) is 2.54. The molecule has 1 aliphatic carbocycles. The van der Waals surface area contributed by atoms with E-state index in [1.165, 1.54) is 6.42 Å². The molecule has 0 saturated heterocycles. The Morgan fingerprint density at radius 1 is 1.75 bits per heavy atom. The first-order valence-electron chi connectivity index (χ1n) is 4.32. The molecule has 2 rings (SSSR count). The lowest BCUT2D eigenvalue weighted by molar-refractivity contribution is 0.457. The molecular formula is C9H12ClNO. The van der Waals surface area contributed by atoms with Crippen LogP contribution in [0.5, 0.6) is 0 Å². The first kappa shape index (κ1) is 8.11. The highest BCUT2D eigenvalue weighted by atomic mass is 35.5. The van der Waals surface area contributed by atoms with E-state index in [0.717, 1.165) is 24.0 Å². The van der Waals surface area contributed by atoms with Crippen LogP contribution < -0.4 is 0 Å². The van der Waals surface area contributed by atoms with Gasteiger partial charge in [-0.2, -0.15) is 0 Å². The van der Waals surface area contributed by atoms with Gasteiger partial charge in [-0.25, -0.2) is 4.98 Å². The van der Waals surface area contributed by atoms with E-state index in [4.69, 9.17) is 16.0 Å². The van der Waals surface area contributed by atoms with Gasteiger partial charge in [0.2, 0.25) is 0 Å². The Hall–Kier alpha value is -0.500. The Morgan fingerprint density at radius 3 is 3.08 bits per heavy atom. The second-order valence-electron chi connectivity index (χ2n) is 3.41. The molecule has 1 aromatic heterocycles. The van der Waals surface area contributed by atoms with Gasteiger partial charge < -0.3 is 4.42 Å². The van der Waals surface area contributed by atoms with Crippen LogP contribution >= 0.6 is 11.6 Å². The van der Waals surface area contributed by atoms with Crippen molar-refractivity contribution in [3.05, 3.63) is 17.8 Å². The van der Waals surface area contributed by atoms with Crippen molar-refractivity contribution >= 4 is 11.6 Å². The molecule has 1 aliphatic rings. The molecule has 0 amide bonds. The van der Waals surface area contributed by atoms with Crippen LogP contribution in [-0.4, -0.2) is 10.9 Å². The van der Waals surface area contributed by atoms with Crippen molar-refractivity contribution in [1.82, 2.24) is 4.98 Å². The van der Waals surface area contributed by atoms with E-state index < -0.39 is 0 Å². The number of hydrogen-bond donors (Lipinski definition) is 0. The fourth-order valence-corrected chi connectivity index (χ4v) is 1.57. The standard InChI is InChI=1S/C9H12ClNO/c1-6-4-7(6)8-5-11-9(12-8)2-3-10/h5-7H,2-4H2,1H3. The van der Waals surface area contributed by atoms with E-state index in [2.05, 4.69) is 11.9 Å². The molecule has 2 nitrogen and oxygen atoms in total. The van der Waals surface area contributed by atoms with Crippen LogP contribution in [0.3, 0.4) is 0 Å². The van der Waals surface area contributed by atoms with Crippen LogP contribution in [0.25, 0.3) is 0 Å². The Labute approximate surface area is 76.9 Å². The van der Waals surface area contributed by atoms with Crippen molar-refractivity contribution < 1.29 is 4.42 Å². The lowest BCUT2D eigenvalue weighted by Gasteiger charge is -1.89. The summed E-state index contributed by atoms with van der Waals surface area (Å²) in [6.45, 7) is 2.23. The van der Waals surface area contributed by atoms with Crippen molar-refractivity contribution in [2.75, 3.05) is 5.88 Å². The average molecular weight is 186 g/mol. The molecule has 0 aromatic carbocycles. The summed E-state index contributed by atoms with van der Waals surface area (Å²) < 4.78 is 5.52. The first-order valence-corrected chi connectivity index (χ1v) is 4.85. The number of nitrogens with zero attached hydrogens (tertiary/aromatic N) is 1. The molecule has 1 aromatic rings. The van der Waals surface area contributed by atoms with Gasteiger partial charge in [0.15, 0.2) is 5.89 Å². The Kier molecular flexibility index (Phi) is 2.09. The maximum atomic E-state index is 5.57. The summed E-state index contributed by atoms with van der Waals surface area (Å²) in [5, 5.41) is 0. The lowest BCUT2D eigenvalue weighted by Crippen LogP contribution is -1.83. The van der Waals surface area contributed by atoms with Crippen molar-refractivity contribution in [3.8, 4) is 0 Å². The first-order chi connectivity index (χ1) is 5.81. The summed E-state index contributed by atoms with van der Waals surface area (Å²) in [6, 6.07) is 0. The third kappa shape index (κ3) is 1.48. The smallest absolute Gasteiger partial charge is 0.195 e. The Morgan fingerprint density at radius 2 is 2.50 bits per heavy atom. The maximum Gasteiger partial charge on any atom is 0.195 e. The van der Waals surface area contributed by atoms with Crippen LogP contribution in [0.2, 0.25) is 0 Å². The summed E-state index contributed by atoms with van der Waals surface area (Å²) in [5.74, 6) is 3.81. The second-order valence-corrected chi connectivity index (χ2v) is 3.79. The number of aromatic nitrogens is 1. The molecule has 0 aliphatic heterocycles. The Balaban J connectivity index is 2.04. The quantitative estimate of drug-likeness (QED) is 0.677. The van der Waals surface area contributed by atoms with Gasteiger partial charge in [0.05, 0.1) is 6.20 Å². The van der Waals surface area contributed by atoms with Crippen LogP contribution in [-0.2, 0) is 6.42 Å². The number of halogens is 1. The number of rotatable bonds is 3. The number of aryl methyl sites for hydroxylation is 1. The minimum Gasteiger partial charge on any atom is -0.445 e. The predicted molar refractivity (Wildman–Crippen MR) is 47.4 cm³/mol. The zero-order valence-electron chi connectivity index (χ0n) is 7.09. The van der Waals surface area contributed by atoms with Crippen molar-refractivity contribution in [1.29, 1.82) is 0 Å². The molecule has 66 valence electrons. The third-order valence-electron chi connectivity index (χ3n) is 2.35. The fourth-order valence-electron chi connectivity index (χ4n) is 1.41. The molecule has 2 unspecified atom stereocenters. The van der Waals surface area contributed by atoms with Crippen LogP contribution in [0, 0.1) is 5.92 Å². The largest absolute Gasteiger partial charge is 0.445 e. The van der Waals surface area contributed by atoms with E-state index >= 15 is 0 Å². The molecule has 0 radical (unpaired) electrons. The highest BCUT2D eigenvalue weighted by molar-refractivity contribution is 6.17. The van der Waals surface area contributed by atoms with E-state index in [1.807, 2.05) is 6.20 Å². The van der Waals surface area contributed by atoms with Gasteiger partial charge in [0.1, 0.15) is 5.76 Å². The number of hydrogen-bond acceptors (Lipinski definition) is 2. The molecule has 1 saturated carbocycles. The highest BCUT2D eigenvalue weighted by Gasteiger charge is 2.36. The topological polar surface area (TPSA) is 26.0 Å². The van der Waals surface area contributed by atoms with E-state index in [9.17, 15) is 0 Å². The highest BCUT2D eigenvalue weighted by Crippen LogP contribution is 2.46. The molecule has 1 heterocycles. The van der Waals surface area contributed by atoms with Gasteiger partial charge in [-0.3, -0.25) is 0 Å². The lowest BCUT2D eigenvalue weighted by atomic mass is 10.3. The van der Waals surface area contributed by atoms with Crippen LogP contribution in [0.1, 0.15) is 30.9 Å². The molecule has 12 heavy (non-hydrogen) atoms. The SMILES string of the molecule is CC1CC1c1cnc(CCCl)o1. The summed E-state index contributed by atoms with van der Waals surface area (Å²) in [7, 11) is 0. The van der Waals surface area contributed by atoms with E-state index in [0.29, 0.717) is 11.8 Å². The summed E-state index contributed by atoms with van der Waals surface area (Å²) in [6.07, 6.45) is 3.83. The van der Waals surface area contributed by atoms with Crippen LogP contribution in [0.15, 0.2) is 10.6 Å². The minimum absolute atomic E-state index is 0.584. The molecular weight excluding hydrogens is 174 g/mol. The molecule has 1 fully saturated rings. The molecule has 3 heteroatoms. The van der Waals surface area contributed by atoms with Gasteiger partial charge >= 0.3 is 0 Å². The molecule has 0 bridgehead atoms. The van der Waals surface area contributed by atoms with E-state index in [-0.39, 0.29) is 0 Å². The maximum absolute atomic E-state index is 5.57. The van der Waals surface area contributed by atoms with E-state index in [1.54, 1.807) is 0 Å². The molecule has 2 atom stereocenters. The zero-order chi connectivity index (χ0) is 8.55. The molecule has 0 N–H and O–H groups in total. The number of alkyl halides is 1. The predicted octanol–water partition coefficient (Wildman–Crippen LogP) is 2.58. The second kappa shape index (κ2) is 3.09. The van der Waals surface area contributed by atoms with Gasteiger partial charge in [-0.15, -0.1) is 11.6 Å². The van der Waals surface area contributed by atoms with Crippen molar-refractivity contribution in [2.24, 2.45) is 5.92 Å². The summed E-state index contributed by atoms with van der Waals surface area (Å²) in [4.78, 5) is 4.15. The van der Waals surface area contributed by atoms with Crippen LogP contribution in [0.4, 0.5) is 0 Å². The van der Waals surface area contributed by atoms with Gasteiger partial charge in [0, 0.05) is 18.2 Å². The molecule has 0 spiro atoms. The van der Waals surface area contributed by atoms with Crippen molar-refractivity contribution in [3.63, 3.8) is 0 Å². The van der Waals surface area contributed by atoms with Gasteiger partial charge in [0.25, 0.3) is 0 Å². The summed E-state index contributed by atoms with van der Waals surface area (Å²) in [5.41, 5.74) is 0. The Bertz CT molecular complexity index is 271. The summed E-state index contributed by atoms with van der Waals surface area (Å²) >= 11 is 5.57. The van der Waals surface area contributed by atoms with Crippen molar-refractivity contribution in [2.45, 2.75) is 25.7 Å². The normalized spacial score (nSPS) is 27.5. The van der Waals surface area contributed by atoms with Gasteiger partial charge in [-0.1, -0.05) is 6.92 Å². The minimum atomic E-state index is 0.584. The fraction of sp³-hybridized carbons (Fsp3) is 0.667.